The zero-order valence-corrected chi connectivity index (χ0v) is 20.3. The van der Waals surface area contributed by atoms with Crippen LogP contribution < -0.4 is 5.49 Å². The number of rotatable bonds is 5. The van der Waals surface area contributed by atoms with Gasteiger partial charge in [0.05, 0.1) is 17.4 Å². The van der Waals surface area contributed by atoms with Crippen molar-refractivity contribution in [2.24, 2.45) is 5.92 Å². The molecule has 2 aliphatic rings. The van der Waals surface area contributed by atoms with Crippen LogP contribution in [0.3, 0.4) is 0 Å². The molecular formula is C30H34N4O. The Morgan fingerprint density at radius 1 is 0.829 bits per heavy atom. The van der Waals surface area contributed by atoms with Gasteiger partial charge in [-0.3, -0.25) is 5.41 Å². The van der Waals surface area contributed by atoms with E-state index >= 15 is 0 Å². The Balaban J connectivity index is 1.64. The molecule has 1 N–H and O–H groups in total. The van der Waals surface area contributed by atoms with Crippen molar-refractivity contribution in [1.82, 2.24) is 14.1 Å². The fourth-order valence-corrected chi connectivity index (χ4v) is 6.10. The summed E-state index contributed by atoms with van der Waals surface area (Å²) in [4.78, 5) is 5.08. The lowest BCUT2D eigenvalue weighted by molar-refractivity contribution is 0.0682. The van der Waals surface area contributed by atoms with Crippen LogP contribution in [0.15, 0.2) is 67.0 Å². The van der Waals surface area contributed by atoms with Gasteiger partial charge in [-0.1, -0.05) is 79.9 Å². The van der Waals surface area contributed by atoms with E-state index in [0.717, 1.165) is 54.8 Å². The molecule has 0 radical (unpaired) electrons. The van der Waals surface area contributed by atoms with E-state index in [2.05, 4.69) is 69.8 Å². The van der Waals surface area contributed by atoms with Crippen molar-refractivity contribution in [3.63, 3.8) is 0 Å². The number of fused-ring (bicyclic) bond motifs is 1. The summed E-state index contributed by atoms with van der Waals surface area (Å²) >= 11 is 0. The first-order valence-electron chi connectivity index (χ1n) is 13.2. The molecule has 5 heteroatoms. The Kier molecular flexibility index (Phi) is 6.26. The van der Waals surface area contributed by atoms with Gasteiger partial charge in [-0.15, -0.1) is 0 Å². The van der Waals surface area contributed by atoms with Crippen LogP contribution in [0.1, 0.15) is 51.0 Å². The Labute approximate surface area is 206 Å². The lowest BCUT2D eigenvalue weighted by Crippen LogP contribution is -2.29. The van der Waals surface area contributed by atoms with E-state index in [1.54, 1.807) is 0 Å². The molecule has 0 spiro atoms. The molecule has 35 heavy (non-hydrogen) atoms. The predicted octanol–water partition coefficient (Wildman–Crippen LogP) is 6.58. The van der Waals surface area contributed by atoms with E-state index in [1.807, 2.05) is 6.33 Å². The highest BCUT2D eigenvalue weighted by Crippen LogP contribution is 2.40. The Hall–Kier alpha value is -3.18. The van der Waals surface area contributed by atoms with E-state index in [4.69, 9.17) is 9.72 Å². The first-order valence-corrected chi connectivity index (χ1v) is 13.2. The summed E-state index contributed by atoms with van der Waals surface area (Å²) in [6, 6.07) is 21.6. The summed E-state index contributed by atoms with van der Waals surface area (Å²) in [5.74, 6) is 0.657. The molecule has 2 aromatic carbocycles. The van der Waals surface area contributed by atoms with Crippen LogP contribution in [-0.4, -0.2) is 27.3 Å². The molecule has 2 aromatic heterocycles. The zero-order valence-electron chi connectivity index (χ0n) is 20.3. The van der Waals surface area contributed by atoms with Gasteiger partial charge in [0.2, 0.25) is 0 Å². The molecule has 1 aliphatic carbocycles. The van der Waals surface area contributed by atoms with Gasteiger partial charge >= 0.3 is 0 Å². The molecular weight excluding hydrogens is 432 g/mol. The highest BCUT2D eigenvalue weighted by Gasteiger charge is 2.27. The van der Waals surface area contributed by atoms with Gasteiger partial charge in [0.25, 0.3) is 0 Å². The van der Waals surface area contributed by atoms with E-state index in [0.29, 0.717) is 11.4 Å². The van der Waals surface area contributed by atoms with E-state index in [9.17, 15) is 5.41 Å². The first-order chi connectivity index (χ1) is 17.3. The monoisotopic (exact) mass is 466 g/mol. The Bertz CT molecular complexity index is 1340. The number of nitrogens with one attached hydrogen (secondary N) is 1. The number of hydrogen-bond donors (Lipinski definition) is 1. The predicted molar refractivity (Wildman–Crippen MR) is 140 cm³/mol. The van der Waals surface area contributed by atoms with E-state index < -0.39 is 0 Å². The maximum Gasteiger partial charge on any atom is 0.146 e. The van der Waals surface area contributed by atoms with Crippen LogP contribution in [0, 0.1) is 11.3 Å². The largest absolute Gasteiger partial charge is 0.381 e. The molecule has 180 valence electrons. The molecule has 6 rings (SSSR count). The fourth-order valence-electron chi connectivity index (χ4n) is 6.10. The standard InChI is InChI=1S/C30H34N4O/c31-29-27-26(23-12-6-2-7-13-23)28(24-14-8-3-9-15-24)33(20-22-10-4-1-5-11-22)30(27)32-21-34(29)25-16-18-35-19-17-25/h2-3,6-9,12-15,21-22,25,31H,1,4-5,10-11,16-20H2. The lowest BCUT2D eigenvalue weighted by Gasteiger charge is -2.25. The normalized spacial score (nSPS) is 17.7. The number of nitrogens with zero attached hydrogens (tertiary/aromatic N) is 3. The average molecular weight is 467 g/mol. The third kappa shape index (κ3) is 4.23. The van der Waals surface area contributed by atoms with Crippen LogP contribution >= 0.6 is 0 Å². The molecule has 0 unspecified atom stereocenters. The van der Waals surface area contributed by atoms with Crippen LogP contribution in [-0.2, 0) is 11.3 Å². The van der Waals surface area contributed by atoms with Crippen molar-refractivity contribution in [3.05, 3.63) is 72.5 Å². The molecule has 3 heterocycles. The second-order valence-corrected chi connectivity index (χ2v) is 10.1. The molecule has 5 nitrogen and oxygen atoms in total. The summed E-state index contributed by atoms with van der Waals surface area (Å²) in [5.41, 5.74) is 6.20. The molecule has 1 saturated heterocycles. The molecule has 0 amide bonds. The van der Waals surface area contributed by atoms with Crippen molar-refractivity contribution in [2.45, 2.75) is 57.5 Å². The molecule has 0 bridgehead atoms. The van der Waals surface area contributed by atoms with Crippen molar-refractivity contribution in [3.8, 4) is 22.4 Å². The lowest BCUT2D eigenvalue weighted by atomic mass is 9.89. The minimum atomic E-state index is 0.263. The van der Waals surface area contributed by atoms with Gasteiger partial charge in [0, 0.05) is 31.4 Å². The molecule has 1 saturated carbocycles. The number of ether oxygens (including phenoxy) is 1. The van der Waals surface area contributed by atoms with Crippen LogP contribution in [0.4, 0.5) is 0 Å². The smallest absolute Gasteiger partial charge is 0.146 e. The van der Waals surface area contributed by atoms with Crippen LogP contribution in [0.25, 0.3) is 33.4 Å². The van der Waals surface area contributed by atoms with Gasteiger partial charge in [0.1, 0.15) is 11.1 Å². The van der Waals surface area contributed by atoms with Gasteiger partial charge in [-0.05, 0) is 42.7 Å². The third-order valence-corrected chi connectivity index (χ3v) is 7.89. The SMILES string of the molecule is N=c1c2c(-c3ccccc3)c(-c3ccccc3)n(CC3CCCCC3)c2ncn1C1CCOCC1. The summed E-state index contributed by atoms with van der Waals surface area (Å²) in [6.45, 7) is 2.46. The molecule has 1 aliphatic heterocycles. The van der Waals surface area contributed by atoms with E-state index in [-0.39, 0.29) is 6.04 Å². The maximum absolute atomic E-state index is 9.43. The zero-order chi connectivity index (χ0) is 23.6. The minimum Gasteiger partial charge on any atom is -0.381 e. The Morgan fingerprint density at radius 2 is 1.49 bits per heavy atom. The van der Waals surface area contributed by atoms with Gasteiger partial charge in [-0.2, -0.15) is 0 Å². The molecule has 0 atom stereocenters. The highest BCUT2D eigenvalue weighted by molar-refractivity contribution is 6.02. The second kappa shape index (κ2) is 9.82. The number of hydrogen-bond acceptors (Lipinski definition) is 3. The van der Waals surface area contributed by atoms with Gasteiger partial charge < -0.3 is 13.9 Å². The van der Waals surface area contributed by atoms with Gasteiger partial charge in [-0.25, -0.2) is 4.98 Å². The van der Waals surface area contributed by atoms with Crippen molar-refractivity contribution in [1.29, 1.82) is 5.41 Å². The fraction of sp³-hybridized carbons (Fsp3) is 0.400. The highest BCUT2D eigenvalue weighted by atomic mass is 16.5. The molecule has 2 fully saturated rings. The maximum atomic E-state index is 9.43. The van der Waals surface area contributed by atoms with Crippen molar-refractivity contribution < 1.29 is 4.74 Å². The van der Waals surface area contributed by atoms with Crippen molar-refractivity contribution >= 4 is 11.0 Å². The second-order valence-electron chi connectivity index (χ2n) is 10.1. The number of benzene rings is 2. The summed E-state index contributed by atoms with van der Waals surface area (Å²) in [5, 5.41) is 10.4. The van der Waals surface area contributed by atoms with Crippen molar-refractivity contribution in [2.75, 3.05) is 13.2 Å². The minimum absolute atomic E-state index is 0.263. The molecule has 4 aromatic rings. The summed E-state index contributed by atoms with van der Waals surface area (Å²) < 4.78 is 10.1. The average Bonchev–Trinajstić information content (AvgIpc) is 3.26. The van der Waals surface area contributed by atoms with Crippen LogP contribution in [0.5, 0.6) is 0 Å². The summed E-state index contributed by atoms with van der Waals surface area (Å²) in [6.07, 6.45) is 10.3. The number of aromatic nitrogens is 3. The summed E-state index contributed by atoms with van der Waals surface area (Å²) in [7, 11) is 0. The van der Waals surface area contributed by atoms with E-state index in [1.165, 1.54) is 43.4 Å². The third-order valence-electron chi connectivity index (χ3n) is 7.89. The first kappa shape index (κ1) is 22.3. The van der Waals surface area contributed by atoms with Gasteiger partial charge in [0.15, 0.2) is 0 Å². The topological polar surface area (TPSA) is 55.8 Å². The Morgan fingerprint density at radius 3 is 2.17 bits per heavy atom. The quantitative estimate of drug-likeness (QED) is 0.361. The van der Waals surface area contributed by atoms with Crippen LogP contribution in [0.2, 0.25) is 0 Å².